The molecule has 2 aliphatic rings. The van der Waals surface area contributed by atoms with E-state index >= 15 is 0 Å². The van der Waals surface area contributed by atoms with Crippen LogP contribution in [-0.2, 0) is 4.79 Å². The molecule has 0 spiro atoms. The summed E-state index contributed by atoms with van der Waals surface area (Å²) in [5, 5.41) is 10.4. The van der Waals surface area contributed by atoms with Crippen LogP contribution in [0.3, 0.4) is 0 Å². The molecule has 3 nitrogen and oxygen atoms in total. The molecule has 0 heterocycles. The Hall–Kier alpha value is -1.48. The number of Topliss-reactive ketones (excluding diaryl/α,β-unsaturated/α-hetero) is 2. The molecule has 1 aromatic carbocycles. The first-order valence-electron chi connectivity index (χ1n) is 7.13. The van der Waals surface area contributed by atoms with E-state index in [4.69, 9.17) is 0 Å². The van der Waals surface area contributed by atoms with E-state index in [1.807, 2.05) is 26.8 Å². The van der Waals surface area contributed by atoms with Crippen LogP contribution < -0.4 is 0 Å². The summed E-state index contributed by atoms with van der Waals surface area (Å²) in [6, 6.07) is 8.93. The molecule has 1 N–H and O–H groups in total. The van der Waals surface area contributed by atoms with Crippen molar-refractivity contribution in [3.05, 3.63) is 35.9 Å². The maximum absolute atomic E-state index is 12.8. The van der Waals surface area contributed by atoms with Gasteiger partial charge in [0.1, 0.15) is 5.78 Å². The van der Waals surface area contributed by atoms with Crippen molar-refractivity contribution in [2.75, 3.05) is 0 Å². The van der Waals surface area contributed by atoms with Gasteiger partial charge in [-0.25, -0.2) is 0 Å². The summed E-state index contributed by atoms with van der Waals surface area (Å²) in [5.74, 6) is -1.06. The predicted molar refractivity (Wildman–Crippen MR) is 75.3 cm³/mol. The quantitative estimate of drug-likeness (QED) is 0.664. The Morgan fingerprint density at radius 2 is 1.80 bits per heavy atom. The minimum Gasteiger partial charge on any atom is -0.392 e. The van der Waals surface area contributed by atoms with Crippen molar-refractivity contribution in [2.24, 2.45) is 22.7 Å². The van der Waals surface area contributed by atoms with Crippen LogP contribution in [0, 0.1) is 22.7 Å². The van der Waals surface area contributed by atoms with Gasteiger partial charge in [0.05, 0.1) is 12.0 Å². The van der Waals surface area contributed by atoms with E-state index in [2.05, 4.69) is 0 Å². The average molecular weight is 272 g/mol. The molecule has 0 amide bonds. The van der Waals surface area contributed by atoms with Gasteiger partial charge in [0.15, 0.2) is 5.78 Å². The zero-order valence-corrected chi connectivity index (χ0v) is 12.1. The van der Waals surface area contributed by atoms with Gasteiger partial charge in [0.2, 0.25) is 0 Å². The van der Waals surface area contributed by atoms with Crippen LogP contribution in [-0.4, -0.2) is 22.8 Å². The Labute approximate surface area is 119 Å². The van der Waals surface area contributed by atoms with Crippen LogP contribution in [0.25, 0.3) is 0 Å². The number of fused-ring (bicyclic) bond motifs is 2. The molecule has 106 valence electrons. The highest BCUT2D eigenvalue weighted by molar-refractivity contribution is 6.14. The molecule has 0 aliphatic heterocycles. The van der Waals surface area contributed by atoms with Crippen molar-refractivity contribution in [3.63, 3.8) is 0 Å². The molecule has 4 atom stereocenters. The summed E-state index contributed by atoms with van der Waals surface area (Å²) in [6.07, 6.45) is -0.0983. The van der Waals surface area contributed by atoms with Crippen molar-refractivity contribution in [1.29, 1.82) is 0 Å². The van der Waals surface area contributed by atoms with Crippen molar-refractivity contribution in [3.8, 4) is 0 Å². The Balaban J connectivity index is 2.07. The lowest BCUT2D eigenvalue weighted by Gasteiger charge is -2.40. The van der Waals surface area contributed by atoms with Gasteiger partial charge in [0.25, 0.3) is 0 Å². The van der Waals surface area contributed by atoms with Crippen molar-refractivity contribution >= 4 is 11.6 Å². The zero-order chi connectivity index (χ0) is 14.7. The van der Waals surface area contributed by atoms with Crippen LogP contribution in [0.2, 0.25) is 0 Å². The Bertz CT molecular complexity index is 575. The highest BCUT2D eigenvalue weighted by Gasteiger charge is 2.72. The second kappa shape index (κ2) is 4.01. The second-order valence-corrected chi connectivity index (χ2v) is 6.87. The van der Waals surface area contributed by atoms with E-state index in [0.717, 1.165) is 0 Å². The summed E-state index contributed by atoms with van der Waals surface area (Å²) < 4.78 is 0. The highest BCUT2D eigenvalue weighted by Crippen LogP contribution is 2.66. The number of aliphatic hydroxyl groups is 1. The maximum atomic E-state index is 12.8. The molecule has 0 saturated heterocycles. The smallest absolute Gasteiger partial charge is 0.173 e. The molecule has 2 saturated carbocycles. The predicted octanol–water partition coefficient (Wildman–Crippen LogP) is 2.48. The molecule has 4 unspecified atom stereocenters. The second-order valence-electron chi connectivity index (χ2n) is 6.87. The third kappa shape index (κ3) is 1.39. The largest absolute Gasteiger partial charge is 0.392 e. The lowest BCUT2D eigenvalue weighted by molar-refractivity contribution is -0.128. The van der Waals surface area contributed by atoms with Crippen LogP contribution >= 0.6 is 0 Å². The molecular formula is C17H20O3. The fraction of sp³-hybridized carbons (Fsp3) is 0.529. The van der Waals surface area contributed by atoms with Crippen molar-refractivity contribution in [2.45, 2.75) is 33.3 Å². The topological polar surface area (TPSA) is 54.4 Å². The fourth-order valence-corrected chi connectivity index (χ4v) is 4.27. The monoisotopic (exact) mass is 272 g/mol. The van der Waals surface area contributed by atoms with Crippen LogP contribution in [0.4, 0.5) is 0 Å². The van der Waals surface area contributed by atoms with E-state index < -0.39 is 17.4 Å². The van der Waals surface area contributed by atoms with Crippen LogP contribution in [0.5, 0.6) is 0 Å². The van der Waals surface area contributed by atoms with Gasteiger partial charge in [-0.15, -0.1) is 0 Å². The minimum absolute atomic E-state index is 0.0108. The number of aliphatic hydroxyl groups excluding tert-OH is 1. The van der Waals surface area contributed by atoms with E-state index in [9.17, 15) is 14.7 Å². The van der Waals surface area contributed by atoms with E-state index in [-0.39, 0.29) is 22.9 Å². The van der Waals surface area contributed by atoms with Gasteiger partial charge in [0, 0.05) is 16.9 Å². The fourth-order valence-electron chi connectivity index (χ4n) is 4.27. The zero-order valence-electron chi connectivity index (χ0n) is 12.1. The minimum atomic E-state index is -0.714. The number of rotatable bonds is 2. The van der Waals surface area contributed by atoms with E-state index in [1.54, 1.807) is 24.3 Å². The van der Waals surface area contributed by atoms with Crippen LogP contribution in [0.15, 0.2) is 30.3 Å². The van der Waals surface area contributed by atoms with Crippen LogP contribution in [0.1, 0.15) is 37.6 Å². The summed E-state index contributed by atoms with van der Waals surface area (Å²) in [7, 11) is 0. The number of ketones is 2. The number of carbonyl (C=O) groups is 2. The molecule has 0 aromatic heterocycles. The summed E-state index contributed by atoms with van der Waals surface area (Å²) in [4.78, 5) is 25.4. The molecule has 1 aromatic rings. The van der Waals surface area contributed by atoms with Crippen molar-refractivity contribution in [1.82, 2.24) is 0 Å². The summed E-state index contributed by atoms with van der Waals surface area (Å²) in [5.41, 5.74) is -0.442. The third-order valence-corrected chi connectivity index (χ3v) is 5.96. The molecule has 3 heteroatoms. The maximum Gasteiger partial charge on any atom is 0.173 e. The van der Waals surface area contributed by atoms with Gasteiger partial charge < -0.3 is 5.11 Å². The van der Waals surface area contributed by atoms with Gasteiger partial charge in [-0.3, -0.25) is 9.59 Å². The third-order valence-electron chi connectivity index (χ3n) is 5.96. The first-order valence-corrected chi connectivity index (χ1v) is 7.13. The van der Waals surface area contributed by atoms with Gasteiger partial charge in [-0.05, 0) is 11.8 Å². The first-order chi connectivity index (χ1) is 9.31. The normalized spacial score (nSPS) is 38.2. The van der Waals surface area contributed by atoms with Crippen molar-refractivity contribution < 1.29 is 14.7 Å². The molecular weight excluding hydrogens is 252 g/mol. The van der Waals surface area contributed by atoms with Gasteiger partial charge in [-0.2, -0.15) is 0 Å². The van der Waals surface area contributed by atoms with Gasteiger partial charge >= 0.3 is 0 Å². The number of carbonyl (C=O) groups excluding carboxylic acids is 2. The Kier molecular flexibility index (Phi) is 2.71. The standard InChI is InChI=1S/C17H20O3/c1-16(2)11-9-12(18)17(16,3)13(15(11)20)14(19)10-7-5-4-6-8-10/h4-8,11-13,18H,9H2,1-3H3. The highest BCUT2D eigenvalue weighted by atomic mass is 16.3. The number of hydrogen-bond acceptors (Lipinski definition) is 3. The molecule has 2 aliphatic carbocycles. The molecule has 0 radical (unpaired) electrons. The average Bonchev–Trinajstić information content (AvgIpc) is 2.68. The molecule has 20 heavy (non-hydrogen) atoms. The molecule has 2 bridgehead atoms. The Morgan fingerprint density at radius 3 is 2.35 bits per heavy atom. The molecule has 2 fully saturated rings. The lowest BCUT2D eigenvalue weighted by atomic mass is 9.63. The molecule has 3 rings (SSSR count). The number of hydrogen-bond donors (Lipinski definition) is 1. The van der Waals surface area contributed by atoms with E-state index in [0.29, 0.717) is 12.0 Å². The number of benzene rings is 1. The SMILES string of the molecule is CC1(C)C2CC(O)C1(C)C(C(=O)c1ccccc1)C2=O. The lowest BCUT2D eigenvalue weighted by Crippen LogP contribution is -2.46. The first kappa shape index (κ1) is 13.5. The summed E-state index contributed by atoms with van der Waals surface area (Å²) in [6.45, 7) is 5.90. The summed E-state index contributed by atoms with van der Waals surface area (Å²) >= 11 is 0. The Morgan fingerprint density at radius 1 is 1.20 bits per heavy atom. The van der Waals surface area contributed by atoms with E-state index in [1.165, 1.54) is 0 Å². The van der Waals surface area contributed by atoms with Gasteiger partial charge in [-0.1, -0.05) is 51.1 Å².